The predicted octanol–water partition coefficient (Wildman–Crippen LogP) is 4.69. The lowest BCUT2D eigenvalue weighted by atomic mass is 9.97. The lowest BCUT2D eigenvalue weighted by molar-refractivity contribution is -0.115. The fourth-order valence-corrected chi connectivity index (χ4v) is 2.35. The number of anilines is 1. The minimum absolute atomic E-state index is 0.0367. The summed E-state index contributed by atoms with van der Waals surface area (Å²) in [5.74, 6) is 0.482. The van der Waals surface area contributed by atoms with Crippen LogP contribution < -0.4 is 5.32 Å². The number of nitrogens with one attached hydrogen (secondary N) is 1. The van der Waals surface area contributed by atoms with Crippen LogP contribution in [0.4, 0.5) is 5.69 Å². The minimum Gasteiger partial charge on any atom is -0.326 e. The molecule has 2 aromatic carbocycles. The molecule has 0 saturated heterocycles. The first-order valence-corrected chi connectivity index (χ1v) is 7.54. The van der Waals surface area contributed by atoms with Crippen LogP contribution >= 0.6 is 0 Å². The molecule has 2 rings (SSSR count). The third kappa shape index (κ3) is 4.19. The largest absolute Gasteiger partial charge is 0.326 e. The number of carbonyl (C=O) groups is 1. The fourth-order valence-electron chi connectivity index (χ4n) is 2.35. The number of amides is 1. The van der Waals surface area contributed by atoms with Gasteiger partial charge < -0.3 is 5.32 Å². The molecule has 0 saturated carbocycles. The highest BCUT2D eigenvalue weighted by Gasteiger charge is 2.11. The molecule has 0 radical (unpaired) electrons. The molecule has 0 aliphatic heterocycles. The summed E-state index contributed by atoms with van der Waals surface area (Å²) in [6.07, 6.45) is 1.47. The van der Waals surface area contributed by atoms with E-state index in [1.165, 1.54) is 11.1 Å². The highest BCUT2D eigenvalue weighted by molar-refractivity contribution is 5.93. The molecule has 0 aliphatic rings. The summed E-state index contributed by atoms with van der Waals surface area (Å²) in [6, 6.07) is 16.2. The smallest absolute Gasteiger partial charge is 0.228 e. The Morgan fingerprint density at radius 1 is 1.10 bits per heavy atom. The highest BCUT2D eigenvalue weighted by Crippen LogP contribution is 2.26. The molecular formula is C19H23NO. The Balaban J connectivity index is 2.07. The number of carbonyl (C=O) groups excluding carboxylic acids is 1. The van der Waals surface area contributed by atoms with Gasteiger partial charge in [-0.15, -0.1) is 0 Å². The third-order valence-electron chi connectivity index (χ3n) is 3.86. The molecule has 1 N–H and O–H groups in total. The molecule has 1 atom stereocenters. The molecule has 21 heavy (non-hydrogen) atoms. The van der Waals surface area contributed by atoms with Gasteiger partial charge in [-0.05, 0) is 36.5 Å². The van der Waals surface area contributed by atoms with Crippen LogP contribution in [-0.2, 0) is 11.2 Å². The molecule has 1 unspecified atom stereocenters. The van der Waals surface area contributed by atoms with Crippen LogP contribution in [0.1, 0.15) is 42.9 Å². The summed E-state index contributed by atoms with van der Waals surface area (Å²) in [5, 5.41) is 3.05. The molecule has 1 amide bonds. The van der Waals surface area contributed by atoms with Crippen molar-refractivity contribution in [2.45, 2.75) is 39.5 Å². The summed E-state index contributed by atoms with van der Waals surface area (Å²) in [6.45, 7) is 6.40. The zero-order valence-corrected chi connectivity index (χ0v) is 13.0. The quantitative estimate of drug-likeness (QED) is 0.846. The average Bonchev–Trinajstić information content (AvgIpc) is 2.49. The van der Waals surface area contributed by atoms with Gasteiger partial charge in [0.1, 0.15) is 0 Å². The number of para-hydroxylation sites is 1. The predicted molar refractivity (Wildman–Crippen MR) is 88.7 cm³/mol. The molecule has 0 heterocycles. The van der Waals surface area contributed by atoms with Crippen LogP contribution in [-0.4, -0.2) is 5.91 Å². The van der Waals surface area contributed by atoms with Crippen molar-refractivity contribution < 1.29 is 4.79 Å². The van der Waals surface area contributed by atoms with Gasteiger partial charge in [0.25, 0.3) is 0 Å². The number of hydrogen-bond donors (Lipinski definition) is 1. The van der Waals surface area contributed by atoms with E-state index in [0.717, 1.165) is 17.7 Å². The second-order valence-corrected chi connectivity index (χ2v) is 5.61. The van der Waals surface area contributed by atoms with Crippen molar-refractivity contribution in [2.75, 3.05) is 5.32 Å². The lowest BCUT2D eigenvalue weighted by Crippen LogP contribution is -2.16. The Bertz CT molecular complexity index is 601. The first kappa shape index (κ1) is 15.3. The average molecular weight is 281 g/mol. The topological polar surface area (TPSA) is 29.1 Å². The van der Waals surface area contributed by atoms with E-state index in [1.54, 1.807) is 0 Å². The van der Waals surface area contributed by atoms with E-state index in [4.69, 9.17) is 0 Å². The monoisotopic (exact) mass is 281 g/mol. The van der Waals surface area contributed by atoms with Gasteiger partial charge in [-0.1, -0.05) is 61.9 Å². The van der Waals surface area contributed by atoms with E-state index in [9.17, 15) is 4.79 Å². The summed E-state index contributed by atoms with van der Waals surface area (Å²) in [5.41, 5.74) is 4.39. The van der Waals surface area contributed by atoms with Crippen molar-refractivity contribution in [1.29, 1.82) is 0 Å². The van der Waals surface area contributed by atoms with Crippen LogP contribution in [0.15, 0.2) is 48.5 Å². The number of aryl methyl sites for hydroxylation is 1. The molecule has 0 aromatic heterocycles. The van der Waals surface area contributed by atoms with E-state index in [0.29, 0.717) is 12.3 Å². The molecule has 0 fully saturated rings. The van der Waals surface area contributed by atoms with E-state index >= 15 is 0 Å². The number of benzene rings is 2. The van der Waals surface area contributed by atoms with Gasteiger partial charge in [0.2, 0.25) is 5.91 Å². The van der Waals surface area contributed by atoms with E-state index < -0.39 is 0 Å². The van der Waals surface area contributed by atoms with Crippen molar-refractivity contribution in [3.05, 3.63) is 65.2 Å². The van der Waals surface area contributed by atoms with Crippen molar-refractivity contribution in [3.8, 4) is 0 Å². The zero-order chi connectivity index (χ0) is 15.2. The van der Waals surface area contributed by atoms with Crippen molar-refractivity contribution >= 4 is 11.6 Å². The molecule has 0 spiro atoms. The van der Waals surface area contributed by atoms with Gasteiger partial charge in [-0.3, -0.25) is 4.79 Å². The van der Waals surface area contributed by atoms with Gasteiger partial charge in [-0.2, -0.15) is 0 Å². The van der Waals surface area contributed by atoms with E-state index in [-0.39, 0.29) is 5.91 Å². The van der Waals surface area contributed by atoms with Crippen LogP contribution in [0.25, 0.3) is 0 Å². The standard InChI is InChI=1S/C19H23NO/c1-4-15(3)17-7-5-6-8-18(17)20-19(21)13-16-11-9-14(2)10-12-16/h5-12,15H,4,13H2,1-3H3,(H,20,21). The van der Waals surface area contributed by atoms with Crippen LogP contribution in [0.5, 0.6) is 0 Å². The highest BCUT2D eigenvalue weighted by atomic mass is 16.1. The van der Waals surface area contributed by atoms with E-state index in [2.05, 4.69) is 25.2 Å². The molecule has 0 aliphatic carbocycles. The van der Waals surface area contributed by atoms with Crippen LogP contribution in [0.3, 0.4) is 0 Å². The van der Waals surface area contributed by atoms with Gasteiger partial charge in [0.15, 0.2) is 0 Å². The zero-order valence-electron chi connectivity index (χ0n) is 13.0. The minimum atomic E-state index is 0.0367. The first-order valence-electron chi connectivity index (χ1n) is 7.54. The first-order chi connectivity index (χ1) is 10.1. The Labute approximate surface area is 127 Å². The second kappa shape index (κ2) is 7.07. The SMILES string of the molecule is CCC(C)c1ccccc1NC(=O)Cc1ccc(C)cc1. The second-order valence-electron chi connectivity index (χ2n) is 5.61. The van der Waals surface area contributed by atoms with Crippen LogP contribution in [0.2, 0.25) is 0 Å². The maximum Gasteiger partial charge on any atom is 0.228 e. The summed E-state index contributed by atoms with van der Waals surface area (Å²) < 4.78 is 0. The maximum atomic E-state index is 12.2. The van der Waals surface area contributed by atoms with Gasteiger partial charge in [0.05, 0.1) is 6.42 Å². The fraction of sp³-hybridized carbons (Fsp3) is 0.316. The van der Waals surface area contributed by atoms with Gasteiger partial charge in [0, 0.05) is 5.69 Å². The normalized spacial score (nSPS) is 12.0. The summed E-state index contributed by atoms with van der Waals surface area (Å²) >= 11 is 0. The lowest BCUT2D eigenvalue weighted by Gasteiger charge is -2.15. The van der Waals surface area contributed by atoms with E-state index in [1.807, 2.05) is 49.4 Å². The van der Waals surface area contributed by atoms with Crippen LogP contribution in [0, 0.1) is 6.92 Å². The summed E-state index contributed by atoms with van der Waals surface area (Å²) in [4.78, 5) is 12.2. The third-order valence-corrected chi connectivity index (χ3v) is 3.86. The van der Waals surface area contributed by atoms with Crippen molar-refractivity contribution in [2.24, 2.45) is 0 Å². The van der Waals surface area contributed by atoms with Gasteiger partial charge >= 0.3 is 0 Å². The molecule has 2 heteroatoms. The summed E-state index contributed by atoms with van der Waals surface area (Å²) in [7, 11) is 0. The van der Waals surface area contributed by atoms with Crippen molar-refractivity contribution in [3.63, 3.8) is 0 Å². The number of rotatable bonds is 5. The maximum absolute atomic E-state index is 12.2. The Hall–Kier alpha value is -2.09. The number of hydrogen-bond acceptors (Lipinski definition) is 1. The molecule has 2 aromatic rings. The Kier molecular flexibility index (Phi) is 5.15. The molecule has 2 nitrogen and oxygen atoms in total. The molecule has 0 bridgehead atoms. The Morgan fingerprint density at radius 2 is 1.76 bits per heavy atom. The molecular weight excluding hydrogens is 258 g/mol. The van der Waals surface area contributed by atoms with Gasteiger partial charge in [-0.25, -0.2) is 0 Å². The van der Waals surface area contributed by atoms with Crippen molar-refractivity contribution in [1.82, 2.24) is 0 Å². The Morgan fingerprint density at radius 3 is 2.43 bits per heavy atom. The molecule has 110 valence electrons.